The van der Waals surface area contributed by atoms with E-state index in [0.717, 1.165) is 5.69 Å². The molecule has 1 aliphatic heterocycles. The fourth-order valence-electron chi connectivity index (χ4n) is 1.92. The van der Waals surface area contributed by atoms with Crippen LogP contribution in [0.15, 0.2) is 18.2 Å². The molecule has 0 bridgehead atoms. The monoisotopic (exact) mass is 253 g/mol. The highest BCUT2D eigenvalue weighted by Gasteiger charge is 2.19. The van der Waals surface area contributed by atoms with Gasteiger partial charge < -0.3 is 16.4 Å². The lowest BCUT2D eigenvalue weighted by Crippen LogP contribution is -2.38. The van der Waals surface area contributed by atoms with Crippen LogP contribution in [0.3, 0.4) is 0 Å². The number of nitrogen functional groups attached to an aromatic ring is 1. The predicted molar refractivity (Wildman–Crippen MR) is 69.5 cm³/mol. The Hall–Kier alpha value is -1.56. The minimum atomic E-state index is -0.730. The Balaban J connectivity index is 2.30. The first-order valence-corrected chi connectivity index (χ1v) is 6.86. The molecule has 5 nitrogen and oxygen atoms in total. The first-order valence-electron chi connectivity index (χ1n) is 5.38. The summed E-state index contributed by atoms with van der Waals surface area (Å²) in [5.41, 5.74) is 12.7. The summed E-state index contributed by atoms with van der Waals surface area (Å²) in [4.78, 5) is 13.2. The summed E-state index contributed by atoms with van der Waals surface area (Å²) in [6.45, 7) is 1.39. The molecule has 0 saturated carbocycles. The van der Waals surface area contributed by atoms with Crippen LogP contribution in [-0.4, -0.2) is 34.7 Å². The molecule has 1 heterocycles. The average Bonchev–Trinajstić information content (AvgIpc) is 2.30. The van der Waals surface area contributed by atoms with Gasteiger partial charge in [-0.1, -0.05) is 6.07 Å². The van der Waals surface area contributed by atoms with Crippen LogP contribution in [0.2, 0.25) is 0 Å². The second-order valence-corrected chi connectivity index (χ2v) is 5.63. The van der Waals surface area contributed by atoms with Gasteiger partial charge >= 0.3 is 0 Å². The lowest BCUT2D eigenvalue weighted by atomic mass is 10.1. The van der Waals surface area contributed by atoms with Gasteiger partial charge in [0.15, 0.2) is 0 Å². The highest BCUT2D eigenvalue weighted by Crippen LogP contribution is 2.27. The Morgan fingerprint density at radius 2 is 1.94 bits per heavy atom. The van der Waals surface area contributed by atoms with Gasteiger partial charge in [0.1, 0.15) is 0 Å². The zero-order valence-electron chi connectivity index (χ0n) is 9.39. The van der Waals surface area contributed by atoms with Crippen molar-refractivity contribution in [3.8, 4) is 0 Å². The maximum absolute atomic E-state index is 11.3. The predicted octanol–water partition coefficient (Wildman–Crippen LogP) is -0.0636. The Kier molecular flexibility index (Phi) is 3.33. The Morgan fingerprint density at radius 3 is 2.53 bits per heavy atom. The van der Waals surface area contributed by atoms with Crippen LogP contribution in [0.25, 0.3) is 0 Å². The van der Waals surface area contributed by atoms with Crippen molar-refractivity contribution in [2.24, 2.45) is 5.73 Å². The van der Waals surface area contributed by atoms with E-state index in [1.807, 2.05) is 11.0 Å². The summed E-state index contributed by atoms with van der Waals surface area (Å²) in [5.74, 6) is 0.755. The van der Waals surface area contributed by atoms with Crippen LogP contribution < -0.4 is 16.4 Å². The number of hydrogen-bond donors (Lipinski definition) is 2. The first kappa shape index (κ1) is 11.9. The van der Waals surface area contributed by atoms with Crippen LogP contribution in [-0.2, 0) is 10.8 Å². The van der Waals surface area contributed by atoms with Gasteiger partial charge in [0.2, 0.25) is 0 Å². The van der Waals surface area contributed by atoms with Crippen molar-refractivity contribution >= 4 is 28.1 Å². The molecular formula is C11H15N3O2S. The molecule has 0 radical (unpaired) electrons. The molecule has 1 amide bonds. The van der Waals surface area contributed by atoms with Crippen molar-refractivity contribution in [3.05, 3.63) is 23.8 Å². The maximum atomic E-state index is 11.3. The first-order chi connectivity index (χ1) is 8.09. The SMILES string of the molecule is NC(=O)c1cccc(N2CCS(=O)CC2)c1N. The summed E-state index contributed by atoms with van der Waals surface area (Å²) in [6.07, 6.45) is 0. The molecule has 0 aliphatic carbocycles. The zero-order valence-corrected chi connectivity index (χ0v) is 10.2. The standard InChI is InChI=1S/C11H15N3O2S/c12-10-8(11(13)15)2-1-3-9(10)14-4-6-17(16)7-5-14/h1-3H,4-7,12H2,(H2,13,15). The molecule has 6 heteroatoms. The lowest BCUT2D eigenvalue weighted by molar-refractivity contribution is 0.100. The number of nitrogens with zero attached hydrogens (tertiary/aromatic N) is 1. The van der Waals surface area contributed by atoms with Gasteiger partial charge in [-0.25, -0.2) is 0 Å². The Bertz CT molecular complexity index is 466. The van der Waals surface area contributed by atoms with Crippen LogP contribution in [0.4, 0.5) is 11.4 Å². The van der Waals surface area contributed by atoms with E-state index in [2.05, 4.69) is 0 Å². The largest absolute Gasteiger partial charge is 0.396 e. The third kappa shape index (κ3) is 2.41. The Labute approximate surface area is 102 Å². The van der Waals surface area contributed by atoms with Crippen LogP contribution in [0, 0.1) is 0 Å². The van der Waals surface area contributed by atoms with Crippen LogP contribution >= 0.6 is 0 Å². The quantitative estimate of drug-likeness (QED) is 0.722. The molecule has 1 saturated heterocycles. The van der Waals surface area contributed by atoms with E-state index in [0.29, 0.717) is 35.8 Å². The number of amides is 1. The van der Waals surface area contributed by atoms with Gasteiger partial charge in [-0.3, -0.25) is 9.00 Å². The average molecular weight is 253 g/mol. The fraction of sp³-hybridized carbons (Fsp3) is 0.364. The molecule has 2 rings (SSSR count). The minimum Gasteiger partial charge on any atom is -0.396 e. The number of carbonyl (C=O) groups excluding carboxylic acids is 1. The van der Waals surface area contributed by atoms with Crippen molar-refractivity contribution in [3.63, 3.8) is 0 Å². The number of nitrogens with two attached hydrogens (primary N) is 2. The van der Waals surface area contributed by atoms with Crippen molar-refractivity contribution < 1.29 is 9.00 Å². The summed E-state index contributed by atoms with van der Waals surface area (Å²) >= 11 is 0. The van der Waals surface area contributed by atoms with Gasteiger partial charge in [-0.05, 0) is 12.1 Å². The molecular weight excluding hydrogens is 238 g/mol. The van der Waals surface area contributed by atoms with E-state index < -0.39 is 16.7 Å². The lowest BCUT2D eigenvalue weighted by Gasteiger charge is -2.29. The Morgan fingerprint density at radius 1 is 1.29 bits per heavy atom. The number of benzene rings is 1. The number of hydrogen-bond acceptors (Lipinski definition) is 4. The molecule has 1 aromatic carbocycles. The molecule has 1 aromatic rings. The third-order valence-corrected chi connectivity index (χ3v) is 4.14. The maximum Gasteiger partial charge on any atom is 0.250 e. The molecule has 4 N–H and O–H groups in total. The second kappa shape index (κ2) is 4.75. The summed E-state index contributed by atoms with van der Waals surface area (Å²) in [5, 5.41) is 0. The van der Waals surface area contributed by atoms with E-state index in [1.54, 1.807) is 12.1 Å². The van der Waals surface area contributed by atoms with Gasteiger partial charge in [-0.15, -0.1) is 0 Å². The smallest absolute Gasteiger partial charge is 0.250 e. The van der Waals surface area contributed by atoms with Crippen LogP contribution in [0.1, 0.15) is 10.4 Å². The zero-order chi connectivity index (χ0) is 12.4. The van der Waals surface area contributed by atoms with Crippen molar-refractivity contribution in [2.45, 2.75) is 0 Å². The molecule has 0 aromatic heterocycles. The van der Waals surface area contributed by atoms with Gasteiger partial charge in [0.25, 0.3) is 5.91 Å². The number of anilines is 2. The molecule has 17 heavy (non-hydrogen) atoms. The van der Waals surface area contributed by atoms with Gasteiger partial charge in [-0.2, -0.15) is 0 Å². The molecule has 0 spiro atoms. The number of para-hydroxylation sites is 1. The van der Waals surface area contributed by atoms with Gasteiger partial charge in [0, 0.05) is 35.4 Å². The van der Waals surface area contributed by atoms with Crippen LogP contribution in [0.5, 0.6) is 0 Å². The highest BCUT2D eigenvalue weighted by atomic mass is 32.2. The summed E-state index contributed by atoms with van der Waals surface area (Å²) in [7, 11) is -0.730. The third-order valence-electron chi connectivity index (χ3n) is 2.87. The molecule has 0 unspecified atom stereocenters. The topological polar surface area (TPSA) is 89.4 Å². The summed E-state index contributed by atoms with van der Waals surface area (Å²) in [6, 6.07) is 5.23. The highest BCUT2D eigenvalue weighted by molar-refractivity contribution is 7.85. The number of carbonyl (C=O) groups is 1. The normalized spacial score (nSPS) is 17.1. The molecule has 92 valence electrons. The molecule has 1 aliphatic rings. The second-order valence-electron chi connectivity index (χ2n) is 3.94. The molecule has 1 fully saturated rings. The van der Waals surface area contributed by atoms with E-state index >= 15 is 0 Å². The fourth-order valence-corrected chi connectivity index (χ4v) is 2.97. The summed E-state index contributed by atoms with van der Waals surface area (Å²) < 4.78 is 11.3. The van der Waals surface area contributed by atoms with Crippen molar-refractivity contribution in [2.75, 3.05) is 35.2 Å². The van der Waals surface area contributed by atoms with E-state index in [4.69, 9.17) is 11.5 Å². The minimum absolute atomic E-state index is 0.342. The number of rotatable bonds is 2. The van der Waals surface area contributed by atoms with Crippen molar-refractivity contribution in [1.29, 1.82) is 0 Å². The van der Waals surface area contributed by atoms with Gasteiger partial charge in [0.05, 0.1) is 16.9 Å². The van der Waals surface area contributed by atoms with Crippen molar-refractivity contribution in [1.82, 2.24) is 0 Å². The van der Waals surface area contributed by atoms with E-state index in [9.17, 15) is 9.00 Å². The molecule has 0 atom stereocenters. The van der Waals surface area contributed by atoms with E-state index in [1.165, 1.54) is 0 Å². The van der Waals surface area contributed by atoms with E-state index in [-0.39, 0.29) is 0 Å². The number of primary amides is 1.